The molecule has 2 heterocycles. The normalized spacial score (nSPS) is 10.8. The Bertz CT molecular complexity index is 1420. The van der Waals surface area contributed by atoms with Crippen molar-refractivity contribution in [1.29, 1.82) is 0 Å². The number of anilines is 1. The minimum atomic E-state index is -0.881. The Balaban J connectivity index is 1.44. The van der Waals surface area contributed by atoms with Gasteiger partial charge in [-0.2, -0.15) is 5.10 Å². The van der Waals surface area contributed by atoms with Crippen molar-refractivity contribution in [2.75, 3.05) is 11.9 Å². The van der Waals surface area contributed by atoms with Crippen LogP contribution in [0, 0.1) is 11.6 Å². The average Bonchev–Trinajstić information content (AvgIpc) is 3.24. The highest BCUT2D eigenvalue weighted by Gasteiger charge is 2.19. The van der Waals surface area contributed by atoms with Crippen molar-refractivity contribution in [2.24, 2.45) is 7.05 Å². The van der Waals surface area contributed by atoms with Gasteiger partial charge in [0.25, 0.3) is 11.5 Å². The number of amides is 1. The summed E-state index contributed by atoms with van der Waals surface area (Å²) < 4.78 is 33.3. The third-order valence-corrected chi connectivity index (χ3v) is 5.20. The Morgan fingerprint density at radius 1 is 1.16 bits per heavy atom. The Kier molecular flexibility index (Phi) is 5.73. The van der Waals surface area contributed by atoms with Crippen LogP contribution in [0.15, 0.2) is 52.6 Å². The molecule has 162 valence electrons. The number of carbonyl (C=O) groups excluding carboxylic acids is 2. The quantitative estimate of drug-likeness (QED) is 0.463. The van der Waals surface area contributed by atoms with E-state index in [-0.39, 0.29) is 27.6 Å². The van der Waals surface area contributed by atoms with E-state index >= 15 is 0 Å². The zero-order valence-electron chi connectivity index (χ0n) is 16.5. The molecule has 2 aromatic carbocycles. The first-order valence-corrected chi connectivity index (χ1v) is 10.1. The van der Waals surface area contributed by atoms with Gasteiger partial charge in [-0.15, -0.1) is 11.3 Å². The third-order valence-electron chi connectivity index (χ3n) is 4.44. The lowest BCUT2D eigenvalue weighted by atomic mass is 10.1. The highest BCUT2D eigenvalue weighted by atomic mass is 32.1. The highest BCUT2D eigenvalue weighted by molar-refractivity contribution is 7.14. The van der Waals surface area contributed by atoms with E-state index in [0.29, 0.717) is 10.8 Å². The fourth-order valence-electron chi connectivity index (χ4n) is 2.95. The summed E-state index contributed by atoms with van der Waals surface area (Å²) in [5.74, 6) is -2.84. The van der Waals surface area contributed by atoms with Crippen LogP contribution in [0.25, 0.3) is 22.0 Å². The number of nitrogens with zero attached hydrogens (tertiary/aromatic N) is 3. The second kappa shape index (κ2) is 8.63. The van der Waals surface area contributed by atoms with Crippen LogP contribution in [-0.4, -0.2) is 33.2 Å². The van der Waals surface area contributed by atoms with Gasteiger partial charge in [-0.05, 0) is 24.3 Å². The van der Waals surface area contributed by atoms with Gasteiger partial charge in [0.2, 0.25) is 0 Å². The minimum absolute atomic E-state index is 0.0409. The van der Waals surface area contributed by atoms with Crippen molar-refractivity contribution in [3.05, 3.63) is 75.5 Å². The summed E-state index contributed by atoms with van der Waals surface area (Å²) in [5, 5.41) is 8.55. The molecule has 2 aromatic heterocycles. The van der Waals surface area contributed by atoms with Gasteiger partial charge < -0.3 is 4.74 Å². The van der Waals surface area contributed by atoms with E-state index in [1.807, 2.05) is 0 Å². The lowest BCUT2D eigenvalue weighted by molar-refractivity contribution is -0.119. The topological polar surface area (TPSA) is 103 Å². The van der Waals surface area contributed by atoms with Crippen molar-refractivity contribution in [3.8, 4) is 11.3 Å². The predicted octanol–water partition coefficient (Wildman–Crippen LogP) is 3.13. The highest BCUT2D eigenvalue weighted by Crippen LogP contribution is 2.27. The minimum Gasteiger partial charge on any atom is -0.451 e. The van der Waals surface area contributed by atoms with Crippen molar-refractivity contribution in [3.63, 3.8) is 0 Å². The van der Waals surface area contributed by atoms with E-state index in [0.717, 1.165) is 34.2 Å². The molecule has 0 radical (unpaired) electrons. The van der Waals surface area contributed by atoms with Crippen LogP contribution in [0.1, 0.15) is 10.5 Å². The molecule has 0 saturated heterocycles. The maximum absolute atomic E-state index is 13.9. The lowest BCUT2D eigenvalue weighted by Gasteiger charge is -2.08. The number of rotatable bonds is 5. The second-order valence-corrected chi connectivity index (χ2v) is 7.47. The molecule has 32 heavy (non-hydrogen) atoms. The molecule has 0 aliphatic heterocycles. The number of aryl methyl sites for hydroxylation is 1. The second-order valence-electron chi connectivity index (χ2n) is 6.61. The van der Waals surface area contributed by atoms with Gasteiger partial charge in [0.1, 0.15) is 11.6 Å². The van der Waals surface area contributed by atoms with Crippen molar-refractivity contribution < 1.29 is 23.1 Å². The Hall–Kier alpha value is -3.99. The van der Waals surface area contributed by atoms with E-state index in [1.54, 1.807) is 24.3 Å². The molecule has 11 heteroatoms. The van der Waals surface area contributed by atoms with Crippen LogP contribution in [0.3, 0.4) is 0 Å². The van der Waals surface area contributed by atoms with Gasteiger partial charge >= 0.3 is 5.97 Å². The molecule has 1 amide bonds. The van der Waals surface area contributed by atoms with Gasteiger partial charge in [0.05, 0.1) is 11.1 Å². The average molecular weight is 456 g/mol. The number of fused-ring (bicyclic) bond motifs is 1. The van der Waals surface area contributed by atoms with Crippen LogP contribution in [-0.2, 0) is 16.6 Å². The number of aromatic nitrogens is 3. The summed E-state index contributed by atoms with van der Waals surface area (Å²) in [6, 6.07) is 9.40. The monoisotopic (exact) mass is 456 g/mol. The molecule has 0 aliphatic carbocycles. The Morgan fingerprint density at radius 3 is 2.69 bits per heavy atom. The SMILES string of the molecule is Cn1nc(C(=O)OCC(=O)Nc2nc(-c3cc(F)ccc3F)cs2)c2ccccc2c1=O. The number of halogens is 2. The smallest absolute Gasteiger partial charge is 0.359 e. The molecule has 0 spiro atoms. The number of thiazole rings is 1. The zero-order chi connectivity index (χ0) is 22.8. The number of hydrogen-bond donors (Lipinski definition) is 1. The molecular formula is C21H14F2N4O4S. The maximum Gasteiger partial charge on any atom is 0.359 e. The number of esters is 1. The van der Waals surface area contributed by atoms with E-state index < -0.39 is 30.1 Å². The first-order valence-electron chi connectivity index (χ1n) is 9.17. The van der Waals surface area contributed by atoms with Crippen LogP contribution >= 0.6 is 11.3 Å². The molecule has 1 N–H and O–H groups in total. The van der Waals surface area contributed by atoms with E-state index in [2.05, 4.69) is 15.4 Å². The van der Waals surface area contributed by atoms with Crippen LogP contribution in [0.2, 0.25) is 0 Å². The van der Waals surface area contributed by atoms with Crippen LogP contribution < -0.4 is 10.9 Å². The zero-order valence-corrected chi connectivity index (χ0v) is 17.3. The van der Waals surface area contributed by atoms with Gasteiger partial charge in [-0.1, -0.05) is 18.2 Å². The molecule has 0 atom stereocenters. The summed E-state index contributed by atoms with van der Waals surface area (Å²) in [6.45, 7) is -0.638. The van der Waals surface area contributed by atoms with Crippen molar-refractivity contribution in [2.45, 2.75) is 0 Å². The molecule has 0 aliphatic rings. The molecule has 8 nitrogen and oxygen atoms in total. The molecule has 4 rings (SSSR count). The summed E-state index contributed by atoms with van der Waals surface area (Å²) in [7, 11) is 1.40. The fraction of sp³-hybridized carbons (Fsp3) is 0.0952. The molecule has 4 aromatic rings. The molecule has 0 bridgehead atoms. The van der Waals surface area contributed by atoms with Gasteiger partial charge in [-0.3, -0.25) is 14.9 Å². The largest absolute Gasteiger partial charge is 0.451 e. The lowest BCUT2D eigenvalue weighted by Crippen LogP contribution is -2.26. The third kappa shape index (κ3) is 4.23. The molecule has 0 saturated carbocycles. The van der Waals surface area contributed by atoms with E-state index in [9.17, 15) is 23.2 Å². The Morgan fingerprint density at radius 2 is 1.91 bits per heavy atom. The van der Waals surface area contributed by atoms with Gasteiger partial charge in [0.15, 0.2) is 17.4 Å². The number of benzene rings is 2. The van der Waals surface area contributed by atoms with E-state index in [4.69, 9.17) is 4.74 Å². The Labute approximate surface area is 183 Å². The number of carbonyl (C=O) groups is 2. The summed E-state index contributed by atoms with van der Waals surface area (Å²) >= 11 is 1.00. The molecule has 0 unspecified atom stereocenters. The van der Waals surface area contributed by atoms with Crippen molar-refractivity contribution in [1.82, 2.24) is 14.8 Å². The first kappa shape index (κ1) is 21.2. The summed E-state index contributed by atoms with van der Waals surface area (Å²) in [6.07, 6.45) is 0. The predicted molar refractivity (Wildman–Crippen MR) is 113 cm³/mol. The first-order chi connectivity index (χ1) is 15.3. The van der Waals surface area contributed by atoms with Crippen molar-refractivity contribution >= 4 is 39.1 Å². The number of hydrogen-bond acceptors (Lipinski definition) is 7. The standard InChI is InChI=1S/C21H14F2N4O4S/c1-27-19(29)13-5-3-2-4-12(13)18(26-27)20(30)31-9-17(28)25-21-24-16(10-32-21)14-8-11(22)6-7-15(14)23/h2-8,10H,9H2,1H3,(H,24,25,28). The fourth-order valence-corrected chi connectivity index (χ4v) is 3.68. The number of nitrogens with one attached hydrogen (secondary N) is 1. The maximum atomic E-state index is 13.9. The molecular weight excluding hydrogens is 442 g/mol. The van der Waals surface area contributed by atoms with Crippen LogP contribution in [0.5, 0.6) is 0 Å². The van der Waals surface area contributed by atoms with Crippen LogP contribution in [0.4, 0.5) is 13.9 Å². The summed E-state index contributed by atoms with van der Waals surface area (Å²) in [5.41, 5.74) is -0.362. The van der Waals surface area contributed by atoms with Gasteiger partial charge in [0, 0.05) is 23.4 Å². The van der Waals surface area contributed by atoms with E-state index in [1.165, 1.54) is 12.4 Å². The number of ether oxygens (including phenoxy) is 1. The van der Waals surface area contributed by atoms with Gasteiger partial charge in [-0.25, -0.2) is 23.2 Å². The molecule has 0 fully saturated rings. The summed E-state index contributed by atoms with van der Waals surface area (Å²) in [4.78, 5) is 40.8.